The largest absolute Gasteiger partial charge is 0.267 e. The van der Waals surface area contributed by atoms with E-state index in [-0.39, 0.29) is 0 Å². The van der Waals surface area contributed by atoms with Crippen LogP contribution in [0.15, 0.2) is 12.1 Å². The molecule has 2 heteroatoms. The molecular formula is C13H18N2. The zero-order valence-corrected chi connectivity index (χ0v) is 10.1. The monoisotopic (exact) mass is 202 g/mol. The number of benzene rings is 1. The molecule has 0 N–H and O–H groups in total. The summed E-state index contributed by atoms with van der Waals surface area (Å²) in [6.45, 7) is 8.70. The molecule has 1 aromatic carbocycles. The van der Waals surface area contributed by atoms with E-state index in [1.165, 1.54) is 22.0 Å². The van der Waals surface area contributed by atoms with Crippen molar-refractivity contribution in [3.05, 3.63) is 29.0 Å². The molecule has 80 valence electrons. The first-order chi connectivity index (χ1) is 7.02. The van der Waals surface area contributed by atoms with Gasteiger partial charge in [-0.05, 0) is 30.9 Å². The van der Waals surface area contributed by atoms with E-state index in [9.17, 15) is 0 Å². The van der Waals surface area contributed by atoms with Gasteiger partial charge < -0.3 is 0 Å². The fourth-order valence-electron chi connectivity index (χ4n) is 2.31. The smallest absolute Gasteiger partial charge is 0.0713 e. The van der Waals surface area contributed by atoms with Crippen molar-refractivity contribution in [2.75, 3.05) is 0 Å². The maximum Gasteiger partial charge on any atom is 0.0713 e. The Labute approximate surface area is 90.9 Å². The van der Waals surface area contributed by atoms with Crippen LogP contribution in [0.4, 0.5) is 0 Å². The van der Waals surface area contributed by atoms with Crippen molar-refractivity contribution in [2.45, 2.75) is 33.6 Å². The molecule has 0 aliphatic carbocycles. The predicted octanol–water partition coefficient (Wildman–Crippen LogP) is 3.31. The Hall–Kier alpha value is -1.31. The molecule has 0 saturated heterocycles. The fourth-order valence-corrected chi connectivity index (χ4v) is 2.31. The van der Waals surface area contributed by atoms with Crippen molar-refractivity contribution < 1.29 is 0 Å². The number of aryl methyl sites for hydroxylation is 3. The third kappa shape index (κ3) is 1.44. The summed E-state index contributed by atoms with van der Waals surface area (Å²) >= 11 is 0. The van der Waals surface area contributed by atoms with Gasteiger partial charge in [-0.15, -0.1) is 0 Å². The second-order valence-corrected chi connectivity index (χ2v) is 4.56. The Morgan fingerprint density at radius 2 is 1.87 bits per heavy atom. The number of nitrogens with zero attached hydrogens (tertiary/aromatic N) is 2. The van der Waals surface area contributed by atoms with Crippen molar-refractivity contribution in [1.82, 2.24) is 9.78 Å². The summed E-state index contributed by atoms with van der Waals surface area (Å²) in [6.07, 6.45) is 0. The normalized spacial score (nSPS) is 11.6. The maximum atomic E-state index is 4.51. The topological polar surface area (TPSA) is 17.8 Å². The van der Waals surface area contributed by atoms with Crippen molar-refractivity contribution in [1.29, 1.82) is 0 Å². The van der Waals surface area contributed by atoms with Gasteiger partial charge in [0, 0.05) is 12.4 Å². The predicted molar refractivity (Wildman–Crippen MR) is 64.3 cm³/mol. The van der Waals surface area contributed by atoms with Crippen LogP contribution in [0.25, 0.3) is 10.9 Å². The number of hydrogen-bond acceptors (Lipinski definition) is 1. The van der Waals surface area contributed by atoms with Gasteiger partial charge >= 0.3 is 0 Å². The van der Waals surface area contributed by atoms with Crippen molar-refractivity contribution >= 4 is 10.9 Å². The van der Waals surface area contributed by atoms with Crippen LogP contribution in [0, 0.1) is 13.8 Å². The van der Waals surface area contributed by atoms with Crippen LogP contribution in [0.1, 0.15) is 36.6 Å². The van der Waals surface area contributed by atoms with E-state index in [2.05, 4.69) is 44.9 Å². The molecule has 0 unspecified atom stereocenters. The van der Waals surface area contributed by atoms with Gasteiger partial charge in [-0.1, -0.05) is 26.0 Å². The lowest BCUT2D eigenvalue weighted by atomic mass is 9.96. The Morgan fingerprint density at radius 3 is 2.47 bits per heavy atom. The van der Waals surface area contributed by atoms with E-state index in [1.54, 1.807) is 0 Å². The summed E-state index contributed by atoms with van der Waals surface area (Å²) in [5.41, 5.74) is 5.12. The molecule has 1 heterocycles. The molecule has 15 heavy (non-hydrogen) atoms. The van der Waals surface area contributed by atoms with Crippen LogP contribution in [0.2, 0.25) is 0 Å². The molecule has 0 amide bonds. The van der Waals surface area contributed by atoms with E-state index in [4.69, 9.17) is 0 Å². The third-order valence-corrected chi connectivity index (χ3v) is 3.02. The Morgan fingerprint density at radius 1 is 1.20 bits per heavy atom. The lowest BCUT2D eigenvalue weighted by molar-refractivity contribution is 0.781. The molecule has 1 aromatic heterocycles. The van der Waals surface area contributed by atoms with Crippen LogP contribution >= 0.6 is 0 Å². The van der Waals surface area contributed by atoms with Gasteiger partial charge in [-0.3, -0.25) is 4.68 Å². The molecule has 0 aliphatic heterocycles. The second kappa shape index (κ2) is 3.37. The zero-order valence-electron chi connectivity index (χ0n) is 10.1. The van der Waals surface area contributed by atoms with Crippen LogP contribution in [0.3, 0.4) is 0 Å². The standard InChI is InChI=1S/C13H18N2/c1-8(2)11-7-6-9(3)13-12(11)10(4)14-15(13)5/h6-8H,1-5H3. The van der Waals surface area contributed by atoms with Crippen LogP contribution in [-0.4, -0.2) is 9.78 Å². The maximum absolute atomic E-state index is 4.51. The first-order valence-electron chi connectivity index (χ1n) is 5.45. The molecule has 2 rings (SSSR count). The summed E-state index contributed by atoms with van der Waals surface area (Å²) in [5, 5.41) is 5.85. The molecule has 0 radical (unpaired) electrons. The summed E-state index contributed by atoms with van der Waals surface area (Å²) in [4.78, 5) is 0. The summed E-state index contributed by atoms with van der Waals surface area (Å²) in [7, 11) is 2.02. The van der Waals surface area contributed by atoms with Gasteiger partial charge in [0.15, 0.2) is 0 Å². The highest BCUT2D eigenvalue weighted by atomic mass is 15.3. The minimum Gasteiger partial charge on any atom is -0.267 e. The van der Waals surface area contributed by atoms with Gasteiger partial charge in [0.25, 0.3) is 0 Å². The first kappa shape index (κ1) is 10.2. The van der Waals surface area contributed by atoms with Crippen molar-refractivity contribution in [3.63, 3.8) is 0 Å². The van der Waals surface area contributed by atoms with Gasteiger partial charge in [-0.25, -0.2) is 0 Å². The fraction of sp³-hybridized carbons (Fsp3) is 0.462. The average Bonchev–Trinajstić information content (AvgIpc) is 2.43. The number of rotatable bonds is 1. The molecule has 0 bridgehead atoms. The molecule has 0 atom stereocenters. The van der Waals surface area contributed by atoms with Gasteiger partial charge in [0.1, 0.15) is 0 Å². The highest BCUT2D eigenvalue weighted by molar-refractivity contribution is 5.88. The molecule has 0 fully saturated rings. The van der Waals surface area contributed by atoms with Crippen molar-refractivity contribution in [2.24, 2.45) is 7.05 Å². The SMILES string of the molecule is Cc1nn(C)c2c(C)ccc(C(C)C)c12. The van der Waals surface area contributed by atoms with E-state index in [1.807, 2.05) is 11.7 Å². The van der Waals surface area contributed by atoms with Crippen LogP contribution in [0.5, 0.6) is 0 Å². The van der Waals surface area contributed by atoms with E-state index >= 15 is 0 Å². The van der Waals surface area contributed by atoms with E-state index in [0.29, 0.717) is 5.92 Å². The van der Waals surface area contributed by atoms with Crippen LogP contribution in [-0.2, 0) is 7.05 Å². The number of hydrogen-bond donors (Lipinski definition) is 0. The first-order valence-corrected chi connectivity index (χ1v) is 5.45. The van der Waals surface area contributed by atoms with E-state index < -0.39 is 0 Å². The lowest BCUT2D eigenvalue weighted by Crippen LogP contribution is -1.94. The number of fused-ring (bicyclic) bond motifs is 1. The number of aromatic nitrogens is 2. The second-order valence-electron chi connectivity index (χ2n) is 4.56. The quantitative estimate of drug-likeness (QED) is 0.693. The highest BCUT2D eigenvalue weighted by Gasteiger charge is 2.13. The Bertz CT molecular complexity index is 507. The van der Waals surface area contributed by atoms with Gasteiger partial charge in [0.05, 0.1) is 11.2 Å². The van der Waals surface area contributed by atoms with E-state index in [0.717, 1.165) is 5.69 Å². The average molecular weight is 202 g/mol. The highest BCUT2D eigenvalue weighted by Crippen LogP contribution is 2.29. The molecule has 0 spiro atoms. The molecule has 0 aliphatic rings. The minimum absolute atomic E-state index is 0.552. The summed E-state index contributed by atoms with van der Waals surface area (Å²) < 4.78 is 1.99. The molecule has 0 saturated carbocycles. The lowest BCUT2D eigenvalue weighted by Gasteiger charge is -2.09. The summed E-state index contributed by atoms with van der Waals surface area (Å²) in [6, 6.07) is 4.43. The Balaban J connectivity index is 2.92. The van der Waals surface area contributed by atoms with Gasteiger partial charge in [-0.2, -0.15) is 5.10 Å². The summed E-state index contributed by atoms with van der Waals surface area (Å²) in [5.74, 6) is 0.552. The molecular weight excluding hydrogens is 184 g/mol. The molecule has 2 aromatic rings. The molecule has 2 nitrogen and oxygen atoms in total. The minimum atomic E-state index is 0.552. The Kier molecular flexibility index (Phi) is 2.29. The van der Waals surface area contributed by atoms with Crippen LogP contribution < -0.4 is 0 Å². The van der Waals surface area contributed by atoms with Gasteiger partial charge in [0.2, 0.25) is 0 Å². The zero-order chi connectivity index (χ0) is 11.2. The van der Waals surface area contributed by atoms with Crippen molar-refractivity contribution in [3.8, 4) is 0 Å². The third-order valence-electron chi connectivity index (χ3n) is 3.02.